The summed E-state index contributed by atoms with van der Waals surface area (Å²) in [6.07, 6.45) is 0.692. The summed E-state index contributed by atoms with van der Waals surface area (Å²) < 4.78 is 23.1. The van der Waals surface area contributed by atoms with Gasteiger partial charge in [-0.05, 0) is 40.0 Å². The summed E-state index contributed by atoms with van der Waals surface area (Å²) in [5, 5.41) is 3.26. The average Bonchev–Trinajstić information content (AvgIpc) is 2.76. The van der Waals surface area contributed by atoms with Crippen LogP contribution in [0.4, 0.5) is 0 Å². The van der Waals surface area contributed by atoms with Gasteiger partial charge in [0.2, 0.25) is 5.91 Å². The monoisotopic (exact) mass is 486 g/mol. The Morgan fingerprint density at radius 3 is 2.48 bits per heavy atom. The van der Waals surface area contributed by atoms with Gasteiger partial charge in [-0.25, -0.2) is 8.42 Å². The van der Waals surface area contributed by atoms with Crippen molar-refractivity contribution in [1.82, 2.24) is 15.1 Å². The molecule has 0 radical (unpaired) electrons. The summed E-state index contributed by atoms with van der Waals surface area (Å²) in [6.45, 7) is 9.75. The first-order chi connectivity index (χ1) is 11.1. The van der Waals surface area contributed by atoms with Gasteiger partial charge in [0.05, 0.1) is 23.6 Å². The third-order valence-corrected chi connectivity index (χ3v) is 6.57. The minimum atomic E-state index is -2.87. The Bertz CT molecular complexity index is 619. The van der Waals surface area contributed by atoms with Crippen LogP contribution in [0.25, 0.3) is 0 Å². The molecule has 146 valence electrons. The fourth-order valence-corrected chi connectivity index (χ4v) is 5.78. The first-order valence-electron chi connectivity index (χ1n) is 8.54. The molecule has 7 nitrogen and oxygen atoms in total. The summed E-state index contributed by atoms with van der Waals surface area (Å²) in [5.41, 5.74) is -0.280. The Hall–Kier alpha value is -0.580. The van der Waals surface area contributed by atoms with Crippen LogP contribution in [0.3, 0.4) is 0 Å². The summed E-state index contributed by atoms with van der Waals surface area (Å²) in [5.74, 6) is 1.39. The molecule has 0 saturated carbocycles. The van der Waals surface area contributed by atoms with Crippen LogP contribution in [0.1, 0.15) is 34.1 Å². The van der Waals surface area contributed by atoms with Crippen molar-refractivity contribution >= 4 is 45.7 Å². The molecular formula is C16H31IN4O3S. The second kappa shape index (κ2) is 8.41. The van der Waals surface area contributed by atoms with E-state index in [2.05, 4.69) is 24.2 Å². The second-order valence-electron chi connectivity index (χ2n) is 7.72. The number of carbonyl (C=O) groups excluding carboxylic acids is 1. The highest BCUT2D eigenvalue weighted by Crippen LogP contribution is 2.24. The predicted molar refractivity (Wildman–Crippen MR) is 111 cm³/mol. The zero-order valence-corrected chi connectivity index (χ0v) is 18.9. The van der Waals surface area contributed by atoms with E-state index < -0.39 is 9.84 Å². The lowest BCUT2D eigenvalue weighted by molar-refractivity contribution is -0.145. The molecule has 9 heteroatoms. The lowest BCUT2D eigenvalue weighted by atomic mass is 9.96. The van der Waals surface area contributed by atoms with Crippen molar-refractivity contribution in [3.8, 4) is 0 Å². The molecule has 2 aliphatic rings. The standard InChI is InChI=1S/C16H30N4O3S.HI/c1-12(2)20-14(21)9-19(11-16(20,3)4)15(17-5)18-8-13-6-7-24(22,23)10-13;/h12-13H,6-11H2,1-5H3,(H,17,18);1H. The first kappa shape index (κ1) is 22.5. The van der Waals surface area contributed by atoms with Gasteiger partial charge in [0.1, 0.15) is 0 Å². The molecule has 2 heterocycles. The van der Waals surface area contributed by atoms with E-state index in [4.69, 9.17) is 0 Å². The number of aliphatic imine (C=N–C) groups is 1. The number of hydrogen-bond donors (Lipinski definition) is 1. The molecule has 0 spiro atoms. The Morgan fingerprint density at radius 1 is 1.40 bits per heavy atom. The van der Waals surface area contributed by atoms with Crippen molar-refractivity contribution in [2.24, 2.45) is 10.9 Å². The van der Waals surface area contributed by atoms with Gasteiger partial charge < -0.3 is 15.1 Å². The average molecular weight is 486 g/mol. The molecule has 2 fully saturated rings. The molecule has 1 N–H and O–H groups in total. The molecule has 2 saturated heterocycles. The number of hydrogen-bond acceptors (Lipinski definition) is 4. The number of nitrogens with one attached hydrogen (secondary N) is 1. The highest BCUT2D eigenvalue weighted by Gasteiger charge is 2.40. The van der Waals surface area contributed by atoms with Crippen molar-refractivity contribution in [3.63, 3.8) is 0 Å². The van der Waals surface area contributed by atoms with Crippen LogP contribution in [-0.4, -0.2) is 79.9 Å². The summed E-state index contributed by atoms with van der Waals surface area (Å²) in [7, 11) is -1.18. The summed E-state index contributed by atoms with van der Waals surface area (Å²) in [4.78, 5) is 20.7. The summed E-state index contributed by atoms with van der Waals surface area (Å²) >= 11 is 0. The van der Waals surface area contributed by atoms with E-state index in [1.807, 2.05) is 23.6 Å². The maximum absolute atomic E-state index is 12.5. The van der Waals surface area contributed by atoms with Crippen molar-refractivity contribution in [2.45, 2.75) is 45.7 Å². The predicted octanol–water partition coefficient (Wildman–Crippen LogP) is 0.946. The summed E-state index contributed by atoms with van der Waals surface area (Å²) in [6, 6.07) is 0.160. The van der Waals surface area contributed by atoms with Gasteiger partial charge >= 0.3 is 0 Å². The third kappa shape index (κ3) is 5.45. The largest absolute Gasteiger partial charge is 0.356 e. The number of nitrogens with zero attached hydrogens (tertiary/aromatic N) is 3. The number of carbonyl (C=O) groups is 1. The minimum absolute atomic E-state index is 0. The van der Waals surface area contributed by atoms with Crippen LogP contribution in [0.5, 0.6) is 0 Å². The Morgan fingerprint density at radius 2 is 2.04 bits per heavy atom. The molecule has 1 amide bonds. The zero-order chi connectivity index (χ0) is 18.1. The number of piperazine rings is 1. The fraction of sp³-hybridized carbons (Fsp3) is 0.875. The maximum Gasteiger partial charge on any atom is 0.242 e. The van der Waals surface area contributed by atoms with Crippen molar-refractivity contribution < 1.29 is 13.2 Å². The van der Waals surface area contributed by atoms with Crippen LogP contribution < -0.4 is 5.32 Å². The molecule has 0 bridgehead atoms. The first-order valence-corrected chi connectivity index (χ1v) is 10.4. The van der Waals surface area contributed by atoms with E-state index in [-0.39, 0.29) is 58.9 Å². The van der Waals surface area contributed by atoms with Crippen molar-refractivity contribution in [1.29, 1.82) is 0 Å². The molecule has 1 unspecified atom stereocenters. The van der Waals surface area contributed by atoms with E-state index in [0.717, 1.165) is 0 Å². The number of amides is 1. The van der Waals surface area contributed by atoms with E-state index in [1.165, 1.54) is 0 Å². The van der Waals surface area contributed by atoms with Crippen LogP contribution in [0.2, 0.25) is 0 Å². The maximum atomic E-state index is 12.5. The molecule has 1 atom stereocenters. The van der Waals surface area contributed by atoms with E-state index in [1.54, 1.807) is 7.05 Å². The molecule has 25 heavy (non-hydrogen) atoms. The number of sulfone groups is 1. The molecular weight excluding hydrogens is 455 g/mol. The van der Waals surface area contributed by atoms with Gasteiger partial charge in [0, 0.05) is 26.2 Å². The van der Waals surface area contributed by atoms with E-state index >= 15 is 0 Å². The Kier molecular flexibility index (Phi) is 7.55. The number of guanidine groups is 1. The topological polar surface area (TPSA) is 82.1 Å². The van der Waals surface area contributed by atoms with Crippen LogP contribution in [-0.2, 0) is 14.6 Å². The fourth-order valence-electron chi connectivity index (χ4n) is 3.91. The highest BCUT2D eigenvalue weighted by molar-refractivity contribution is 14.0. The molecule has 0 aromatic rings. The number of rotatable bonds is 3. The van der Waals surface area contributed by atoms with Crippen LogP contribution in [0, 0.1) is 5.92 Å². The van der Waals surface area contributed by atoms with Gasteiger partial charge in [-0.3, -0.25) is 9.79 Å². The van der Waals surface area contributed by atoms with Gasteiger partial charge in [0.15, 0.2) is 15.8 Å². The van der Waals surface area contributed by atoms with Gasteiger partial charge in [-0.1, -0.05) is 0 Å². The van der Waals surface area contributed by atoms with Gasteiger partial charge in [-0.15, -0.1) is 24.0 Å². The minimum Gasteiger partial charge on any atom is -0.356 e. The van der Waals surface area contributed by atoms with Crippen LogP contribution in [0.15, 0.2) is 4.99 Å². The molecule has 0 aliphatic carbocycles. The molecule has 0 aromatic carbocycles. The lowest BCUT2D eigenvalue weighted by Crippen LogP contribution is -2.66. The lowest BCUT2D eigenvalue weighted by Gasteiger charge is -2.49. The molecule has 2 aliphatic heterocycles. The third-order valence-electron chi connectivity index (χ3n) is 4.73. The van der Waals surface area contributed by atoms with E-state index in [0.29, 0.717) is 32.0 Å². The quantitative estimate of drug-likeness (QED) is 0.365. The highest BCUT2D eigenvalue weighted by atomic mass is 127. The Labute approximate surface area is 168 Å². The van der Waals surface area contributed by atoms with Crippen molar-refractivity contribution in [2.75, 3.05) is 38.2 Å². The van der Waals surface area contributed by atoms with E-state index in [9.17, 15) is 13.2 Å². The van der Waals surface area contributed by atoms with Gasteiger partial charge in [0.25, 0.3) is 0 Å². The molecule has 2 rings (SSSR count). The SMILES string of the molecule is CN=C(NCC1CCS(=O)(=O)C1)N1CC(=O)N(C(C)C)C(C)(C)C1.I. The normalized spacial score (nSPS) is 25.9. The zero-order valence-electron chi connectivity index (χ0n) is 15.8. The smallest absolute Gasteiger partial charge is 0.242 e. The number of halogens is 1. The Balaban J connectivity index is 0.00000312. The van der Waals surface area contributed by atoms with Gasteiger partial charge in [-0.2, -0.15) is 0 Å². The van der Waals surface area contributed by atoms with Crippen LogP contribution >= 0.6 is 24.0 Å². The molecule has 0 aromatic heterocycles. The second-order valence-corrected chi connectivity index (χ2v) is 9.95. The van der Waals surface area contributed by atoms with Crippen molar-refractivity contribution in [3.05, 3.63) is 0 Å².